The van der Waals surface area contributed by atoms with E-state index in [2.05, 4.69) is 0 Å². The zero-order chi connectivity index (χ0) is 15.8. The fourth-order valence-corrected chi connectivity index (χ4v) is 2.32. The second-order valence-electron chi connectivity index (χ2n) is 5.33. The molecule has 0 spiro atoms. The van der Waals surface area contributed by atoms with Crippen LogP contribution < -0.4 is 10.2 Å². The van der Waals surface area contributed by atoms with E-state index >= 15 is 0 Å². The van der Waals surface area contributed by atoms with Crippen LogP contribution in [0.4, 0.5) is 0 Å². The van der Waals surface area contributed by atoms with Crippen molar-refractivity contribution in [3.8, 4) is 0 Å². The highest BCUT2D eigenvalue weighted by Gasteiger charge is 2.35. The first-order valence-electron chi connectivity index (χ1n) is 7.04. The first-order valence-corrected chi connectivity index (χ1v) is 7.04. The van der Waals surface area contributed by atoms with Gasteiger partial charge in [-0.2, -0.15) is 0 Å². The second-order valence-corrected chi connectivity index (χ2v) is 5.33. The minimum absolute atomic E-state index is 0.0391. The van der Waals surface area contributed by atoms with Crippen LogP contribution in [-0.2, 0) is 9.59 Å². The summed E-state index contributed by atoms with van der Waals surface area (Å²) in [5.41, 5.74) is -1.40. The van der Waals surface area contributed by atoms with Gasteiger partial charge in [-0.05, 0) is 44.9 Å². The van der Waals surface area contributed by atoms with Gasteiger partial charge in [0.15, 0.2) is 0 Å². The van der Waals surface area contributed by atoms with Gasteiger partial charge in [-0.1, -0.05) is 13.8 Å². The number of rotatable bonds is 11. The molecule has 0 heterocycles. The van der Waals surface area contributed by atoms with Crippen molar-refractivity contribution in [2.24, 2.45) is 5.41 Å². The maximum Gasteiger partial charge on any atom is 0.0546 e. The lowest BCUT2D eigenvalue weighted by Gasteiger charge is -2.38. The molecule has 0 aliphatic heterocycles. The molecular formula is C14H24O6-2. The fourth-order valence-electron chi connectivity index (χ4n) is 2.32. The standard InChI is InChI=1S/C14H26O6/c1-3-10(15)8-14(13(19)20,9-11(16)4-2)7-5-6-12(17)18/h10-11,15-16H,3-9H2,1-2H3,(H,17,18)(H,19,20)/p-2. The van der Waals surface area contributed by atoms with Gasteiger partial charge in [0.25, 0.3) is 0 Å². The summed E-state index contributed by atoms with van der Waals surface area (Å²) in [5.74, 6) is -2.60. The van der Waals surface area contributed by atoms with E-state index in [0.717, 1.165) is 0 Å². The molecule has 0 fully saturated rings. The number of aliphatic carboxylic acids is 2. The van der Waals surface area contributed by atoms with Gasteiger partial charge in [0.2, 0.25) is 0 Å². The molecule has 2 N–H and O–H groups in total. The van der Waals surface area contributed by atoms with Crippen LogP contribution in [0, 0.1) is 5.41 Å². The van der Waals surface area contributed by atoms with Crippen molar-refractivity contribution in [1.82, 2.24) is 0 Å². The Hall–Kier alpha value is -1.14. The smallest absolute Gasteiger partial charge is 0.0546 e. The van der Waals surface area contributed by atoms with Crippen LogP contribution in [-0.4, -0.2) is 34.4 Å². The first-order chi connectivity index (χ1) is 9.27. The molecular weight excluding hydrogens is 264 g/mol. The third kappa shape index (κ3) is 6.34. The maximum absolute atomic E-state index is 11.5. The minimum atomic E-state index is -1.40. The van der Waals surface area contributed by atoms with E-state index < -0.39 is 29.6 Å². The van der Waals surface area contributed by atoms with Crippen molar-refractivity contribution in [2.45, 2.75) is 71.0 Å². The van der Waals surface area contributed by atoms with Gasteiger partial charge in [0.1, 0.15) is 0 Å². The summed E-state index contributed by atoms with van der Waals surface area (Å²) in [7, 11) is 0. The normalized spacial score (nSPS) is 17.2. The molecule has 0 rings (SSSR count). The van der Waals surface area contributed by atoms with E-state index in [4.69, 9.17) is 0 Å². The number of aliphatic hydroxyl groups is 2. The Labute approximate surface area is 119 Å². The van der Waals surface area contributed by atoms with Gasteiger partial charge in [0, 0.05) is 17.4 Å². The Morgan fingerprint density at radius 3 is 1.80 bits per heavy atom. The van der Waals surface area contributed by atoms with Crippen molar-refractivity contribution < 1.29 is 30.0 Å². The predicted molar refractivity (Wildman–Crippen MR) is 68.1 cm³/mol. The lowest BCUT2D eigenvalue weighted by molar-refractivity contribution is -0.323. The van der Waals surface area contributed by atoms with Gasteiger partial charge in [-0.15, -0.1) is 0 Å². The van der Waals surface area contributed by atoms with Crippen LogP contribution in [0.5, 0.6) is 0 Å². The quantitative estimate of drug-likeness (QED) is 0.501. The average molecular weight is 288 g/mol. The molecule has 20 heavy (non-hydrogen) atoms. The third-order valence-electron chi connectivity index (χ3n) is 3.66. The first kappa shape index (κ1) is 18.9. The summed E-state index contributed by atoms with van der Waals surface area (Å²) in [6, 6.07) is 0. The lowest BCUT2D eigenvalue weighted by Crippen LogP contribution is -2.46. The van der Waals surface area contributed by atoms with Crippen LogP contribution in [0.2, 0.25) is 0 Å². The van der Waals surface area contributed by atoms with Gasteiger partial charge < -0.3 is 30.0 Å². The number of hydrogen-bond donors (Lipinski definition) is 2. The molecule has 0 aromatic heterocycles. The van der Waals surface area contributed by atoms with Crippen molar-refractivity contribution in [3.05, 3.63) is 0 Å². The molecule has 0 bridgehead atoms. The zero-order valence-electron chi connectivity index (χ0n) is 12.1. The molecule has 6 heteroatoms. The summed E-state index contributed by atoms with van der Waals surface area (Å²) in [5, 5.41) is 41.4. The lowest BCUT2D eigenvalue weighted by atomic mass is 9.73. The molecule has 2 unspecified atom stereocenters. The van der Waals surface area contributed by atoms with Gasteiger partial charge in [-0.25, -0.2) is 0 Å². The molecule has 0 radical (unpaired) electrons. The molecule has 0 aliphatic rings. The molecule has 0 saturated heterocycles. The minimum Gasteiger partial charge on any atom is -0.550 e. The van der Waals surface area contributed by atoms with Crippen LogP contribution in [0.3, 0.4) is 0 Å². The van der Waals surface area contributed by atoms with E-state index in [-0.39, 0.29) is 32.1 Å². The van der Waals surface area contributed by atoms with Crippen LogP contribution in [0.25, 0.3) is 0 Å². The summed E-state index contributed by atoms with van der Waals surface area (Å²) in [6.07, 6.45) is -1.05. The molecule has 0 saturated carbocycles. The molecule has 0 aliphatic carbocycles. The summed E-state index contributed by atoms with van der Waals surface area (Å²) in [6.45, 7) is 3.45. The number of carboxylic acids is 2. The zero-order valence-corrected chi connectivity index (χ0v) is 12.1. The Morgan fingerprint density at radius 1 is 1.05 bits per heavy atom. The number of carbonyl (C=O) groups is 2. The monoisotopic (exact) mass is 288 g/mol. The van der Waals surface area contributed by atoms with E-state index in [1.165, 1.54) is 0 Å². The molecule has 6 nitrogen and oxygen atoms in total. The largest absolute Gasteiger partial charge is 0.550 e. The summed E-state index contributed by atoms with van der Waals surface area (Å²) >= 11 is 0. The number of hydrogen-bond acceptors (Lipinski definition) is 6. The van der Waals surface area contributed by atoms with E-state index in [1.54, 1.807) is 13.8 Å². The summed E-state index contributed by atoms with van der Waals surface area (Å²) < 4.78 is 0. The second kappa shape index (κ2) is 8.92. The van der Waals surface area contributed by atoms with E-state index in [0.29, 0.717) is 12.8 Å². The van der Waals surface area contributed by atoms with E-state index in [1.807, 2.05) is 0 Å². The number of carbonyl (C=O) groups excluding carboxylic acids is 2. The molecule has 0 amide bonds. The highest BCUT2D eigenvalue weighted by atomic mass is 16.4. The molecule has 0 aromatic rings. The highest BCUT2D eigenvalue weighted by molar-refractivity contribution is 5.72. The SMILES string of the molecule is CCC(O)CC(CCCC(=O)[O-])(CC(O)CC)C(=O)[O-]. The van der Waals surface area contributed by atoms with Gasteiger partial charge in [0.05, 0.1) is 12.2 Å². The molecule has 118 valence electrons. The predicted octanol–water partition coefficient (Wildman–Crippen LogP) is -1.04. The van der Waals surface area contributed by atoms with Gasteiger partial charge >= 0.3 is 0 Å². The highest BCUT2D eigenvalue weighted by Crippen LogP contribution is 2.36. The average Bonchev–Trinajstić information content (AvgIpc) is 2.37. The van der Waals surface area contributed by atoms with Crippen molar-refractivity contribution in [2.75, 3.05) is 0 Å². The van der Waals surface area contributed by atoms with Crippen LogP contribution in [0.1, 0.15) is 58.8 Å². The van der Waals surface area contributed by atoms with Crippen molar-refractivity contribution in [1.29, 1.82) is 0 Å². The third-order valence-corrected chi connectivity index (χ3v) is 3.66. The van der Waals surface area contributed by atoms with Gasteiger partial charge in [-0.3, -0.25) is 0 Å². The Morgan fingerprint density at radius 2 is 1.50 bits per heavy atom. The van der Waals surface area contributed by atoms with Crippen molar-refractivity contribution >= 4 is 11.9 Å². The Bertz CT molecular complexity index is 303. The Kier molecular flexibility index (Phi) is 8.41. The fraction of sp³-hybridized carbons (Fsp3) is 0.857. The topological polar surface area (TPSA) is 121 Å². The van der Waals surface area contributed by atoms with Crippen molar-refractivity contribution in [3.63, 3.8) is 0 Å². The summed E-state index contributed by atoms with van der Waals surface area (Å²) in [4.78, 5) is 21.9. The number of aliphatic hydroxyl groups excluding tert-OH is 2. The Balaban J connectivity index is 5.00. The van der Waals surface area contributed by atoms with E-state index in [9.17, 15) is 30.0 Å². The van der Waals surface area contributed by atoms with Crippen LogP contribution >= 0.6 is 0 Å². The number of carboxylic acid groups (broad SMARTS) is 2. The van der Waals surface area contributed by atoms with Crippen LogP contribution in [0.15, 0.2) is 0 Å². The molecule has 0 aromatic carbocycles. The maximum atomic E-state index is 11.5. The molecule has 2 atom stereocenters.